The van der Waals surface area contributed by atoms with Crippen LogP contribution in [0.1, 0.15) is 36.1 Å². The Balaban J connectivity index is 1.44. The number of hydrogen-bond acceptors (Lipinski definition) is 5. The van der Waals surface area contributed by atoms with Gasteiger partial charge in [-0.2, -0.15) is 5.10 Å². The van der Waals surface area contributed by atoms with Crippen LogP contribution in [0.15, 0.2) is 24.3 Å². The minimum atomic E-state index is -0.00651. The summed E-state index contributed by atoms with van der Waals surface area (Å²) in [6.07, 6.45) is 1.92. The van der Waals surface area contributed by atoms with Crippen molar-refractivity contribution in [2.75, 3.05) is 26.2 Å². The molecule has 132 valence electrons. The SMILES string of the molecule is Cc1nc(C2CCCN2C(=O)CN2CCOc3ccccc3C2)n[nH]1. The molecule has 2 aromatic rings. The molecule has 1 aromatic carbocycles. The Morgan fingerprint density at radius 2 is 2.24 bits per heavy atom. The molecule has 7 nitrogen and oxygen atoms in total. The van der Waals surface area contributed by atoms with E-state index in [0.717, 1.165) is 55.4 Å². The Labute approximate surface area is 147 Å². The predicted octanol–water partition coefficient (Wildman–Crippen LogP) is 1.67. The van der Waals surface area contributed by atoms with Gasteiger partial charge in [0.2, 0.25) is 5.91 Å². The Kier molecular flexibility index (Phi) is 4.40. The minimum Gasteiger partial charge on any atom is -0.492 e. The van der Waals surface area contributed by atoms with Crippen molar-refractivity contribution in [2.45, 2.75) is 32.4 Å². The van der Waals surface area contributed by atoms with Crippen LogP contribution in [-0.2, 0) is 11.3 Å². The van der Waals surface area contributed by atoms with Crippen LogP contribution in [0.25, 0.3) is 0 Å². The highest BCUT2D eigenvalue weighted by Gasteiger charge is 2.33. The number of fused-ring (bicyclic) bond motifs is 1. The second-order valence-corrected chi connectivity index (χ2v) is 6.69. The monoisotopic (exact) mass is 341 g/mol. The molecular formula is C18H23N5O2. The van der Waals surface area contributed by atoms with Gasteiger partial charge in [0.05, 0.1) is 12.6 Å². The molecule has 1 fully saturated rings. The van der Waals surface area contributed by atoms with E-state index in [2.05, 4.69) is 26.1 Å². The van der Waals surface area contributed by atoms with Crippen LogP contribution >= 0.6 is 0 Å². The minimum absolute atomic E-state index is 0.00651. The molecule has 1 N–H and O–H groups in total. The van der Waals surface area contributed by atoms with Gasteiger partial charge in [-0.05, 0) is 25.8 Å². The van der Waals surface area contributed by atoms with Gasteiger partial charge in [0, 0.05) is 25.2 Å². The van der Waals surface area contributed by atoms with Gasteiger partial charge in [0.1, 0.15) is 18.2 Å². The van der Waals surface area contributed by atoms with E-state index in [4.69, 9.17) is 4.74 Å². The molecule has 0 aliphatic carbocycles. The van der Waals surface area contributed by atoms with Gasteiger partial charge in [0.25, 0.3) is 0 Å². The molecule has 3 heterocycles. The van der Waals surface area contributed by atoms with Crippen LogP contribution in [0.3, 0.4) is 0 Å². The normalized spacial score (nSPS) is 20.8. The number of amides is 1. The largest absolute Gasteiger partial charge is 0.492 e. The van der Waals surface area contributed by atoms with Crippen LogP contribution in [0.4, 0.5) is 0 Å². The summed E-state index contributed by atoms with van der Waals surface area (Å²) in [6, 6.07) is 8.03. The second-order valence-electron chi connectivity index (χ2n) is 6.69. The molecule has 1 saturated heterocycles. The topological polar surface area (TPSA) is 74.3 Å². The van der Waals surface area contributed by atoms with E-state index in [1.54, 1.807) is 0 Å². The molecule has 2 aliphatic rings. The van der Waals surface area contributed by atoms with E-state index in [9.17, 15) is 4.79 Å². The lowest BCUT2D eigenvalue weighted by atomic mass is 10.2. The lowest BCUT2D eigenvalue weighted by Crippen LogP contribution is -2.40. The number of carbonyl (C=O) groups is 1. The zero-order valence-electron chi connectivity index (χ0n) is 14.4. The Morgan fingerprint density at radius 3 is 3.08 bits per heavy atom. The first-order valence-electron chi connectivity index (χ1n) is 8.82. The van der Waals surface area contributed by atoms with Crippen LogP contribution in [0, 0.1) is 6.92 Å². The number of benzene rings is 1. The average Bonchev–Trinajstić information content (AvgIpc) is 3.20. The van der Waals surface area contributed by atoms with Crippen molar-refractivity contribution in [3.8, 4) is 5.75 Å². The summed E-state index contributed by atoms with van der Waals surface area (Å²) >= 11 is 0. The number of aryl methyl sites for hydroxylation is 1. The van der Waals surface area contributed by atoms with Gasteiger partial charge in [0.15, 0.2) is 5.82 Å². The lowest BCUT2D eigenvalue weighted by molar-refractivity contribution is -0.133. The van der Waals surface area contributed by atoms with Crippen molar-refractivity contribution in [1.82, 2.24) is 25.0 Å². The second kappa shape index (κ2) is 6.84. The summed E-state index contributed by atoms with van der Waals surface area (Å²) in [7, 11) is 0. The quantitative estimate of drug-likeness (QED) is 0.919. The van der Waals surface area contributed by atoms with E-state index in [-0.39, 0.29) is 11.9 Å². The summed E-state index contributed by atoms with van der Waals surface area (Å²) < 4.78 is 5.79. The van der Waals surface area contributed by atoms with Crippen LogP contribution < -0.4 is 4.74 Å². The maximum Gasteiger partial charge on any atom is 0.237 e. The number of ether oxygens (including phenoxy) is 1. The number of para-hydroxylation sites is 1. The lowest BCUT2D eigenvalue weighted by Gasteiger charge is -2.26. The number of hydrogen-bond donors (Lipinski definition) is 1. The number of nitrogens with one attached hydrogen (secondary N) is 1. The molecule has 0 spiro atoms. The third kappa shape index (κ3) is 3.37. The zero-order chi connectivity index (χ0) is 17.2. The molecule has 1 atom stereocenters. The van der Waals surface area contributed by atoms with Gasteiger partial charge in [-0.3, -0.25) is 14.8 Å². The van der Waals surface area contributed by atoms with Gasteiger partial charge >= 0.3 is 0 Å². The fraction of sp³-hybridized carbons (Fsp3) is 0.500. The van der Waals surface area contributed by atoms with Crippen molar-refractivity contribution in [3.63, 3.8) is 0 Å². The van der Waals surface area contributed by atoms with Crippen molar-refractivity contribution >= 4 is 5.91 Å². The van der Waals surface area contributed by atoms with Gasteiger partial charge in [-0.1, -0.05) is 18.2 Å². The van der Waals surface area contributed by atoms with Gasteiger partial charge in [-0.15, -0.1) is 0 Å². The molecule has 25 heavy (non-hydrogen) atoms. The number of aromatic amines is 1. The molecule has 7 heteroatoms. The van der Waals surface area contributed by atoms with E-state index < -0.39 is 0 Å². The molecule has 0 radical (unpaired) electrons. The summed E-state index contributed by atoms with van der Waals surface area (Å²) in [6.45, 7) is 5.15. The maximum absolute atomic E-state index is 12.9. The Hall–Kier alpha value is -2.41. The van der Waals surface area contributed by atoms with E-state index >= 15 is 0 Å². The maximum atomic E-state index is 12.9. The number of H-pyrrole nitrogens is 1. The fourth-order valence-electron chi connectivity index (χ4n) is 3.64. The van der Waals surface area contributed by atoms with E-state index in [1.807, 2.05) is 30.0 Å². The first-order valence-corrected chi connectivity index (χ1v) is 8.82. The number of nitrogens with zero attached hydrogens (tertiary/aromatic N) is 4. The van der Waals surface area contributed by atoms with E-state index in [1.165, 1.54) is 0 Å². The molecule has 1 aromatic heterocycles. The summed E-state index contributed by atoms with van der Waals surface area (Å²) in [4.78, 5) is 21.4. The standard InChI is InChI=1S/C18H23N5O2/c1-13-19-18(21-20-13)15-6-4-8-23(15)17(24)12-22-9-10-25-16-7-3-2-5-14(16)11-22/h2-3,5,7,15H,4,6,8-12H2,1H3,(H,19,20,21). The predicted molar refractivity (Wildman–Crippen MR) is 92.0 cm³/mol. The zero-order valence-corrected chi connectivity index (χ0v) is 14.4. The molecule has 1 amide bonds. The Bertz CT molecular complexity index is 759. The number of aromatic nitrogens is 3. The van der Waals surface area contributed by atoms with Gasteiger partial charge < -0.3 is 9.64 Å². The summed E-state index contributed by atoms with van der Waals surface area (Å²) in [5, 5.41) is 7.14. The number of likely N-dealkylation sites (tertiary alicyclic amines) is 1. The van der Waals surface area contributed by atoms with E-state index in [0.29, 0.717) is 13.2 Å². The average molecular weight is 341 g/mol. The number of rotatable bonds is 3. The molecule has 0 bridgehead atoms. The summed E-state index contributed by atoms with van der Waals surface area (Å²) in [5.74, 6) is 2.58. The van der Waals surface area contributed by atoms with Crippen molar-refractivity contribution in [2.24, 2.45) is 0 Å². The first-order chi connectivity index (χ1) is 12.2. The highest BCUT2D eigenvalue weighted by atomic mass is 16.5. The molecule has 2 aliphatic heterocycles. The van der Waals surface area contributed by atoms with Crippen molar-refractivity contribution < 1.29 is 9.53 Å². The first kappa shape index (κ1) is 16.1. The molecule has 1 unspecified atom stereocenters. The van der Waals surface area contributed by atoms with Crippen LogP contribution in [0.2, 0.25) is 0 Å². The van der Waals surface area contributed by atoms with Crippen molar-refractivity contribution in [3.05, 3.63) is 41.5 Å². The third-order valence-electron chi connectivity index (χ3n) is 4.88. The third-order valence-corrected chi connectivity index (χ3v) is 4.88. The van der Waals surface area contributed by atoms with Crippen LogP contribution in [-0.4, -0.2) is 57.1 Å². The Morgan fingerprint density at radius 1 is 1.36 bits per heavy atom. The highest BCUT2D eigenvalue weighted by molar-refractivity contribution is 5.79. The highest BCUT2D eigenvalue weighted by Crippen LogP contribution is 2.30. The summed E-state index contributed by atoms with van der Waals surface area (Å²) in [5.41, 5.74) is 1.13. The molecule has 0 saturated carbocycles. The smallest absolute Gasteiger partial charge is 0.237 e. The molecular weight excluding hydrogens is 318 g/mol. The fourth-order valence-corrected chi connectivity index (χ4v) is 3.64. The molecule has 4 rings (SSSR count). The van der Waals surface area contributed by atoms with Gasteiger partial charge in [-0.25, -0.2) is 4.98 Å². The van der Waals surface area contributed by atoms with Crippen molar-refractivity contribution in [1.29, 1.82) is 0 Å². The van der Waals surface area contributed by atoms with Crippen LogP contribution in [0.5, 0.6) is 5.75 Å². The number of carbonyl (C=O) groups excluding carboxylic acids is 1.